The number of ether oxygens (including phenoxy) is 2. The van der Waals surface area contributed by atoms with Gasteiger partial charge in [-0.15, -0.1) is 0 Å². The van der Waals surface area contributed by atoms with Gasteiger partial charge in [-0.3, -0.25) is 9.69 Å². The van der Waals surface area contributed by atoms with E-state index in [4.69, 9.17) is 9.47 Å². The highest BCUT2D eigenvalue weighted by atomic mass is 16.6. The van der Waals surface area contributed by atoms with Gasteiger partial charge in [-0.05, 0) is 57.8 Å². The molecule has 3 unspecified atom stereocenters. The molecule has 3 atom stereocenters. The average molecular weight is 492 g/mol. The molecule has 0 aromatic heterocycles. The van der Waals surface area contributed by atoms with E-state index >= 15 is 0 Å². The van der Waals surface area contributed by atoms with Crippen LogP contribution in [-0.4, -0.2) is 66.4 Å². The van der Waals surface area contributed by atoms with Gasteiger partial charge in [0.25, 0.3) is 0 Å². The van der Waals surface area contributed by atoms with E-state index < -0.39 is 0 Å². The number of nitrogens with zero attached hydrogens (tertiary/aromatic N) is 1. The molecule has 4 saturated carbocycles. The number of carbonyl (C=O) groups is 2. The second-order valence-corrected chi connectivity index (χ2v) is 11.7. The number of methoxy groups -OCH3 is 1. The van der Waals surface area contributed by atoms with Crippen LogP contribution in [0.2, 0.25) is 0 Å². The van der Waals surface area contributed by atoms with Crippen LogP contribution < -0.4 is 10.6 Å². The molecule has 0 radical (unpaired) electrons. The normalized spacial score (nSPS) is 33.3. The third-order valence-corrected chi connectivity index (χ3v) is 9.07. The highest BCUT2D eigenvalue weighted by Crippen LogP contribution is 2.37. The zero-order chi connectivity index (χ0) is 24.6. The smallest absolute Gasteiger partial charge is 0.407 e. The number of nitrogens with one attached hydrogen (secondary N) is 2. The molecule has 2 amide bonds. The van der Waals surface area contributed by atoms with Gasteiger partial charge in [0.15, 0.2) is 0 Å². The number of carbonyl (C=O) groups excluding carboxylic acids is 2. The van der Waals surface area contributed by atoms with E-state index in [-0.39, 0.29) is 36.3 Å². The van der Waals surface area contributed by atoms with E-state index in [0.29, 0.717) is 18.1 Å². The molecule has 4 aliphatic rings. The lowest BCUT2D eigenvalue weighted by molar-refractivity contribution is -0.119. The van der Waals surface area contributed by atoms with E-state index in [0.717, 1.165) is 44.9 Å². The Morgan fingerprint density at radius 1 is 0.657 bits per heavy atom. The predicted molar refractivity (Wildman–Crippen MR) is 137 cm³/mol. The Morgan fingerprint density at radius 3 is 1.69 bits per heavy atom. The quantitative estimate of drug-likeness (QED) is 0.520. The SMILES string of the molecule is COC1CC(OC(=O)NC2CCC(NC(C)=O)CC2)CC(N(C2CCCCC2)C2CCCCC2)C1. The van der Waals surface area contributed by atoms with Crippen molar-refractivity contribution < 1.29 is 19.1 Å². The number of amides is 2. The lowest BCUT2D eigenvalue weighted by atomic mass is 9.82. The Balaban J connectivity index is 1.34. The van der Waals surface area contributed by atoms with Crippen LogP contribution in [-0.2, 0) is 14.3 Å². The number of rotatable bonds is 7. The van der Waals surface area contributed by atoms with E-state index in [1.54, 1.807) is 6.92 Å². The average Bonchev–Trinajstić information content (AvgIpc) is 2.86. The first-order valence-corrected chi connectivity index (χ1v) is 14.6. The third-order valence-electron chi connectivity index (χ3n) is 9.07. The summed E-state index contributed by atoms with van der Waals surface area (Å²) >= 11 is 0. The van der Waals surface area contributed by atoms with E-state index in [1.807, 2.05) is 7.11 Å². The Morgan fingerprint density at radius 2 is 1.17 bits per heavy atom. The van der Waals surface area contributed by atoms with Crippen LogP contribution >= 0.6 is 0 Å². The Labute approximate surface area is 212 Å². The first kappa shape index (κ1) is 26.7. The van der Waals surface area contributed by atoms with Gasteiger partial charge in [0.2, 0.25) is 5.91 Å². The van der Waals surface area contributed by atoms with Crippen molar-refractivity contribution in [3.63, 3.8) is 0 Å². The van der Waals surface area contributed by atoms with Crippen molar-refractivity contribution in [3.05, 3.63) is 0 Å². The molecule has 0 heterocycles. The maximum absolute atomic E-state index is 12.9. The lowest BCUT2D eigenvalue weighted by Crippen LogP contribution is -2.55. The topological polar surface area (TPSA) is 79.9 Å². The number of alkyl carbamates (subject to hydrolysis) is 1. The molecule has 4 rings (SSSR count). The first-order chi connectivity index (χ1) is 17.0. The summed E-state index contributed by atoms with van der Waals surface area (Å²) in [4.78, 5) is 27.1. The summed E-state index contributed by atoms with van der Waals surface area (Å²) in [5, 5.41) is 6.12. The van der Waals surface area contributed by atoms with Crippen LogP contribution in [0, 0.1) is 0 Å². The summed E-state index contributed by atoms with van der Waals surface area (Å²) in [6.45, 7) is 1.57. The van der Waals surface area contributed by atoms with Crippen molar-refractivity contribution in [2.45, 2.75) is 158 Å². The van der Waals surface area contributed by atoms with Gasteiger partial charge in [0.1, 0.15) is 6.10 Å². The molecule has 200 valence electrons. The molecular weight excluding hydrogens is 442 g/mol. The zero-order valence-corrected chi connectivity index (χ0v) is 22.1. The molecule has 0 aromatic rings. The fourth-order valence-corrected chi connectivity index (χ4v) is 7.40. The van der Waals surface area contributed by atoms with Crippen molar-refractivity contribution in [2.24, 2.45) is 0 Å². The van der Waals surface area contributed by atoms with E-state index in [2.05, 4.69) is 15.5 Å². The Hall–Kier alpha value is -1.34. The monoisotopic (exact) mass is 491 g/mol. The maximum atomic E-state index is 12.9. The molecule has 7 heteroatoms. The highest BCUT2D eigenvalue weighted by molar-refractivity contribution is 5.73. The van der Waals surface area contributed by atoms with Crippen molar-refractivity contribution in [1.29, 1.82) is 0 Å². The summed E-state index contributed by atoms with van der Waals surface area (Å²) < 4.78 is 11.9. The van der Waals surface area contributed by atoms with Crippen molar-refractivity contribution in [3.8, 4) is 0 Å². The predicted octanol–water partition coefficient (Wildman–Crippen LogP) is 5.06. The van der Waals surface area contributed by atoms with Gasteiger partial charge in [-0.1, -0.05) is 38.5 Å². The van der Waals surface area contributed by atoms with E-state index in [1.165, 1.54) is 64.2 Å². The van der Waals surface area contributed by atoms with Crippen LogP contribution in [0.25, 0.3) is 0 Å². The van der Waals surface area contributed by atoms with Gasteiger partial charge in [-0.2, -0.15) is 0 Å². The molecule has 7 nitrogen and oxygen atoms in total. The summed E-state index contributed by atoms with van der Waals surface area (Å²) in [6.07, 6.45) is 19.5. The second kappa shape index (κ2) is 13.3. The van der Waals surface area contributed by atoms with Crippen LogP contribution in [0.15, 0.2) is 0 Å². The maximum Gasteiger partial charge on any atom is 0.407 e. The Kier molecular flexibility index (Phi) is 10.1. The van der Waals surface area contributed by atoms with E-state index in [9.17, 15) is 9.59 Å². The van der Waals surface area contributed by atoms with Gasteiger partial charge in [0.05, 0.1) is 6.10 Å². The van der Waals surface area contributed by atoms with Gasteiger partial charge in [-0.25, -0.2) is 4.79 Å². The minimum absolute atomic E-state index is 0.0240. The molecule has 0 spiro atoms. The standard InChI is InChI=1S/C28H49N3O4/c1-20(32)29-21-13-15-22(16-14-21)30-28(33)35-27-18-25(17-26(19-27)34-2)31(23-9-5-3-6-10-23)24-11-7-4-8-12-24/h21-27H,3-19H2,1-2H3,(H,29,32)(H,30,33). The summed E-state index contributed by atoms with van der Waals surface area (Å²) in [5.41, 5.74) is 0. The molecule has 35 heavy (non-hydrogen) atoms. The molecule has 2 N–H and O–H groups in total. The molecular formula is C28H49N3O4. The molecule has 4 fully saturated rings. The molecule has 0 bridgehead atoms. The fraction of sp³-hybridized carbons (Fsp3) is 0.929. The molecule has 0 aromatic carbocycles. The molecule has 0 saturated heterocycles. The fourth-order valence-electron chi connectivity index (χ4n) is 7.40. The van der Waals surface area contributed by atoms with Gasteiger partial charge >= 0.3 is 6.09 Å². The van der Waals surface area contributed by atoms with Crippen molar-refractivity contribution in [2.75, 3.05) is 7.11 Å². The van der Waals surface area contributed by atoms with Crippen molar-refractivity contribution >= 4 is 12.0 Å². The van der Waals surface area contributed by atoms with Crippen LogP contribution in [0.3, 0.4) is 0 Å². The highest BCUT2D eigenvalue weighted by Gasteiger charge is 2.40. The van der Waals surface area contributed by atoms with Crippen LogP contribution in [0.4, 0.5) is 4.79 Å². The lowest BCUT2D eigenvalue weighted by Gasteiger charge is -2.49. The molecule has 4 aliphatic carbocycles. The molecule has 0 aliphatic heterocycles. The minimum atomic E-state index is -0.282. The Bertz CT molecular complexity index is 651. The van der Waals surface area contributed by atoms with Crippen LogP contribution in [0.5, 0.6) is 0 Å². The third kappa shape index (κ3) is 7.82. The number of hydrogen-bond donors (Lipinski definition) is 2. The van der Waals surface area contributed by atoms with Gasteiger partial charge < -0.3 is 20.1 Å². The first-order valence-electron chi connectivity index (χ1n) is 14.6. The summed E-state index contributed by atoms with van der Waals surface area (Å²) in [6, 6.07) is 2.16. The minimum Gasteiger partial charge on any atom is -0.446 e. The zero-order valence-electron chi connectivity index (χ0n) is 22.1. The van der Waals surface area contributed by atoms with Crippen molar-refractivity contribution in [1.82, 2.24) is 15.5 Å². The summed E-state index contributed by atoms with van der Waals surface area (Å²) in [7, 11) is 1.81. The largest absolute Gasteiger partial charge is 0.446 e. The summed E-state index contributed by atoms with van der Waals surface area (Å²) in [5.74, 6) is 0.0240. The van der Waals surface area contributed by atoms with Gasteiger partial charge in [0, 0.05) is 57.1 Å². The van der Waals surface area contributed by atoms with Crippen LogP contribution in [0.1, 0.15) is 116 Å². The second-order valence-electron chi connectivity index (χ2n) is 11.7. The number of hydrogen-bond acceptors (Lipinski definition) is 5.